The van der Waals surface area contributed by atoms with Crippen molar-refractivity contribution in [2.45, 2.75) is 5.25 Å². The van der Waals surface area contributed by atoms with Gasteiger partial charge in [-0.25, -0.2) is 0 Å². The van der Waals surface area contributed by atoms with Crippen molar-refractivity contribution in [3.8, 4) is 0 Å². The van der Waals surface area contributed by atoms with E-state index in [1.165, 1.54) is 0 Å². The van der Waals surface area contributed by atoms with Crippen LogP contribution in [0.25, 0.3) is 0 Å². The van der Waals surface area contributed by atoms with Crippen LogP contribution in [0.3, 0.4) is 0 Å². The standard InChI is InChI=1S/C10H10F4N2S2/c11-6-8(7(12)10(14)16-9(6)13)15-3-5-4-17-1-2-18-5/h5H,1-4H2,(H,15,16). The Morgan fingerprint density at radius 1 is 1.11 bits per heavy atom. The highest BCUT2D eigenvalue weighted by atomic mass is 32.2. The van der Waals surface area contributed by atoms with E-state index in [2.05, 4.69) is 10.3 Å². The van der Waals surface area contributed by atoms with Crippen molar-refractivity contribution >= 4 is 29.2 Å². The molecule has 0 aromatic carbocycles. The molecular weight excluding hydrogens is 288 g/mol. The monoisotopic (exact) mass is 298 g/mol. The van der Waals surface area contributed by atoms with Crippen LogP contribution in [-0.2, 0) is 0 Å². The molecule has 1 aliphatic rings. The number of rotatable bonds is 3. The van der Waals surface area contributed by atoms with Gasteiger partial charge >= 0.3 is 0 Å². The van der Waals surface area contributed by atoms with Crippen LogP contribution in [0.15, 0.2) is 0 Å². The van der Waals surface area contributed by atoms with Crippen molar-refractivity contribution in [1.29, 1.82) is 0 Å². The summed E-state index contributed by atoms with van der Waals surface area (Å²) in [5, 5.41) is 2.60. The lowest BCUT2D eigenvalue weighted by atomic mass is 10.3. The van der Waals surface area contributed by atoms with E-state index in [-0.39, 0.29) is 11.8 Å². The molecular formula is C10H10F4N2S2. The Kier molecular flexibility index (Phi) is 4.60. The molecule has 1 unspecified atom stereocenters. The topological polar surface area (TPSA) is 24.9 Å². The Balaban J connectivity index is 2.08. The maximum absolute atomic E-state index is 13.3. The summed E-state index contributed by atoms with van der Waals surface area (Å²) in [5.74, 6) is -3.39. The van der Waals surface area contributed by atoms with E-state index in [0.717, 1.165) is 17.3 Å². The summed E-state index contributed by atoms with van der Waals surface area (Å²) in [6.07, 6.45) is 0. The second-order valence-corrected chi connectivity index (χ2v) is 6.20. The average molecular weight is 298 g/mol. The van der Waals surface area contributed by atoms with Crippen LogP contribution in [0, 0.1) is 23.5 Å². The number of hydrogen-bond acceptors (Lipinski definition) is 4. The number of nitrogens with zero attached hydrogens (tertiary/aromatic N) is 1. The van der Waals surface area contributed by atoms with E-state index < -0.39 is 29.2 Å². The maximum atomic E-state index is 13.3. The maximum Gasteiger partial charge on any atom is 0.253 e. The largest absolute Gasteiger partial charge is 0.379 e. The summed E-state index contributed by atoms with van der Waals surface area (Å²) in [7, 11) is 0. The van der Waals surface area contributed by atoms with Gasteiger partial charge in [-0.05, 0) is 0 Å². The van der Waals surface area contributed by atoms with Crippen LogP contribution in [0.1, 0.15) is 0 Å². The van der Waals surface area contributed by atoms with E-state index in [9.17, 15) is 17.6 Å². The number of anilines is 1. The van der Waals surface area contributed by atoms with Crippen molar-refractivity contribution in [1.82, 2.24) is 4.98 Å². The van der Waals surface area contributed by atoms with Crippen molar-refractivity contribution in [2.24, 2.45) is 0 Å². The molecule has 0 saturated carbocycles. The highest BCUT2D eigenvalue weighted by Gasteiger charge is 2.22. The van der Waals surface area contributed by atoms with Gasteiger partial charge in [0.05, 0.1) is 0 Å². The molecule has 2 heterocycles. The van der Waals surface area contributed by atoms with Gasteiger partial charge in [0.2, 0.25) is 11.6 Å². The van der Waals surface area contributed by atoms with Gasteiger partial charge in [0.1, 0.15) is 5.69 Å². The fourth-order valence-corrected chi connectivity index (χ4v) is 4.12. The smallest absolute Gasteiger partial charge is 0.253 e. The first-order valence-electron chi connectivity index (χ1n) is 5.22. The second kappa shape index (κ2) is 6.01. The number of pyridine rings is 1. The van der Waals surface area contributed by atoms with Crippen LogP contribution in [-0.4, -0.2) is 34.0 Å². The van der Waals surface area contributed by atoms with E-state index >= 15 is 0 Å². The Bertz CT molecular complexity index is 412. The summed E-state index contributed by atoms with van der Waals surface area (Å²) in [6, 6.07) is 0. The van der Waals surface area contributed by atoms with Crippen LogP contribution < -0.4 is 5.32 Å². The predicted octanol–water partition coefficient (Wildman–Crippen LogP) is 2.90. The molecule has 18 heavy (non-hydrogen) atoms. The van der Waals surface area contributed by atoms with Gasteiger partial charge in [0.25, 0.3) is 11.9 Å². The first-order chi connectivity index (χ1) is 8.59. The highest BCUT2D eigenvalue weighted by molar-refractivity contribution is 8.06. The molecule has 2 nitrogen and oxygen atoms in total. The molecule has 0 bridgehead atoms. The third kappa shape index (κ3) is 3.03. The van der Waals surface area contributed by atoms with Crippen LogP contribution in [0.4, 0.5) is 23.2 Å². The molecule has 0 radical (unpaired) electrons. The van der Waals surface area contributed by atoms with E-state index in [0.29, 0.717) is 0 Å². The summed E-state index contributed by atoms with van der Waals surface area (Å²) in [6.45, 7) is 0.258. The fraction of sp³-hybridized carbons (Fsp3) is 0.500. The number of halogens is 4. The Labute approximate surface area is 110 Å². The van der Waals surface area contributed by atoms with E-state index in [1.807, 2.05) is 0 Å². The number of nitrogens with one attached hydrogen (secondary N) is 1. The van der Waals surface area contributed by atoms with Gasteiger partial charge in [-0.3, -0.25) is 0 Å². The molecule has 8 heteroatoms. The van der Waals surface area contributed by atoms with Crippen LogP contribution >= 0.6 is 23.5 Å². The van der Waals surface area contributed by atoms with Crippen molar-refractivity contribution in [3.05, 3.63) is 23.5 Å². The minimum absolute atomic E-state index is 0.168. The van der Waals surface area contributed by atoms with Gasteiger partial charge in [-0.1, -0.05) is 0 Å². The van der Waals surface area contributed by atoms with E-state index in [4.69, 9.17) is 0 Å². The zero-order valence-electron chi connectivity index (χ0n) is 9.18. The predicted molar refractivity (Wildman–Crippen MR) is 66.1 cm³/mol. The van der Waals surface area contributed by atoms with Gasteiger partial charge < -0.3 is 5.32 Å². The Hall–Kier alpha value is -0.630. The molecule has 0 amide bonds. The fourth-order valence-electron chi connectivity index (χ4n) is 1.51. The van der Waals surface area contributed by atoms with Gasteiger partial charge in [0.15, 0.2) is 0 Å². The lowest BCUT2D eigenvalue weighted by Crippen LogP contribution is -2.24. The lowest BCUT2D eigenvalue weighted by molar-refractivity contribution is 0.410. The molecule has 0 spiro atoms. The normalized spacial score (nSPS) is 19.9. The van der Waals surface area contributed by atoms with Crippen molar-refractivity contribution < 1.29 is 17.6 Å². The number of hydrogen-bond donors (Lipinski definition) is 1. The molecule has 1 aromatic rings. The molecule has 2 rings (SSSR count). The first kappa shape index (κ1) is 13.8. The summed E-state index contributed by atoms with van der Waals surface area (Å²) < 4.78 is 52.2. The van der Waals surface area contributed by atoms with Crippen LogP contribution in [0.2, 0.25) is 0 Å². The average Bonchev–Trinajstić information content (AvgIpc) is 2.38. The Morgan fingerprint density at radius 3 is 2.33 bits per heavy atom. The highest BCUT2D eigenvalue weighted by Crippen LogP contribution is 2.26. The summed E-state index contributed by atoms with van der Waals surface area (Å²) in [4.78, 5) is 2.50. The molecule has 1 fully saturated rings. The second-order valence-electron chi connectivity index (χ2n) is 3.65. The minimum Gasteiger partial charge on any atom is -0.379 e. The summed E-state index contributed by atoms with van der Waals surface area (Å²) in [5.41, 5.74) is -0.781. The van der Waals surface area contributed by atoms with Crippen LogP contribution in [0.5, 0.6) is 0 Å². The van der Waals surface area contributed by atoms with Gasteiger partial charge in [-0.2, -0.15) is 46.1 Å². The van der Waals surface area contributed by atoms with Crippen molar-refractivity contribution in [2.75, 3.05) is 29.1 Å². The first-order valence-corrected chi connectivity index (χ1v) is 7.43. The third-order valence-electron chi connectivity index (χ3n) is 2.39. The molecule has 0 aliphatic carbocycles. The Morgan fingerprint density at radius 2 is 1.78 bits per heavy atom. The molecule has 1 N–H and O–H groups in total. The quantitative estimate of drug-likeness (QED) is 0.685. The molecule has 1 aromatic heterocycles. The summed E-state index contributed by atoms with van der Waals surface area (Å²) >= 11 is 3.42. The lowest BCUT2D eigenvalue weighted by Gasteiger charge is -2.21. The molecule has 1 aliphatic heterocycles. The van der Waals surface area contributed by atoms with E-state index in [1.54, 1.807) is 23.5 Å². The number of aromatic nitrogens is 1. The molecule has 100 valence electrons. The zero-order chi connectivity index (χ0) is 13.1. The molecule has 1 atom stereocenters. The van der Waals surface area contributed by atoms with Gasteiger partial charge in [-0.15, -0.1) is 0 Å². The number of thioether (sulfide) groups is 2. The third-order valence-corrected chi connectivity index (χ3v) is 5.23. The van der Waals surface area contributed by atoms with Crippen molar-refractivity contribution in [3.63, 3.8) is 0 Å². The molecule has 1 saturated heterocycles. The SMILES string of the molecule is Fc1nc(F)c(F)c(NCC2CSCCS2)c1F. The minimum atomic E-state index is -1.64. The van der Waals surface area contributed by atoms with Gasteiger partial charge in [0, 0.05) is 29.1 Å². The zero-order valence-corrected chi connectivity index (χ0v) is 10.8.